The van der Waals surface area contributed by atoms with Crippen molar-refractivity contribution < 1.29 is 14.0 Å². The maximum atomic E-state index is 12.9. The highest BCUT2D eigenvalue weighted by Gasteiger charge is 2.21. The van der Waals surface area contributed by atoms with Crippen LogP contribution in [-0.2, 0) is 11.3 Å². The summed E-state index contributed by atoms with van der Waals surface area (Å²) >= 11 is 0. The number of nitrogens with one attached hydrogen (secondary N) is 3. The van der Waals surface area contributed by atoms with Crippen molar-refractivity contribution in [3.8, 4) is 0 Å². The second kappa shape index (κ2) is 10.2. The largest absolute Gasteiger partial charge is 0.352 e. The van der Waals surface area contributed by atoms with Gasteiger partial charge in [0.2, 0.25) is 5.91 Å². The van der Waals surface area contributed by atoms with E-state index in [0.29, 0.717) is 36.1 Å². The van der Waals surface area contributed by atoms with Crippen LogP contribution in [0, 0.1) is 17.7 Å². The molecule has 1 heterocycles. The van der Waals surface area contributed by atoms with Crippen molar-refractivity contribution in [2.24, 2.45) is 11.8 Å². The number of rotatable bonds is 7. The fraction of sp³-hybridized carbons (Fsp3) is 0.391. The van der Waals surface area contributed by atoms with Crippen molar-refractivity contribution in [2.75, 3.05) is 18.4 Å². The molecular formula is C23H28FN3O2. The summed E-state index contributed by atoms with van der Waals surface area (Å²) in [6, 6.07) is 12.7. The third-order valence-corrected chi connectivity index (χ3v) is 5.45. The maximum absolute atomic E-state index is 12.9. The van der Waals surface area contributed by atoms with Crippen molar-refractivity contribution in [3.05, 3.63) is 65.5 Å². The molecule has 154 valence electrons. The Balaban J connectivity index is 1.45. The monoisotopic (exact) mass is 397 g/mol. The van der Waals surface area contributed by atoms with Gasteiger partial charge in [0.15, 0.2) is 0 Å². The summed E-state index contributed by atoms with van der Waals surface area (Å²) in [7, 11) is 0. The predicted molar refractivity (Wildman–Crippen MR) is 112 cm³/mol. The minimum Gasteiger partial charge on any atom is -0.352 e. The fourth-order valence-corrected chi connectivity index (χ4v) is 3.61. The van der Waals surface area contributed by atoms with Crippen LogP contribution in [0.15, 0.2) is 48.5 Å². The summed E-state index contributed by atoms with van der Waals surface area (Å²) in [6.07, 6.45) is 2.89. The van der Waals surface area contributed by atoms with E-state index in [1.54, 1.807) is 12.1 Å². The number of hydrogen-bond donors (Lipinski definition) is 3. The SMILES string of the molecule is CC(CC(=O)NCc1ccc(C(=O)Nc2ccc(F)cc2)cc1)C1CCCNC1. The van der Waals surface area contributed by atoms with Gasteiger partial charge in [-0.1, -0.05) is 19.1 Å². The van der Waals surface area contributed by atoms with Crippen LogP contribution in [0.25, 0.3) is 0 Å². The van der Waals surface area contributed by atoms with Gasteiger partial charge in [0.25, 0.3) is 5.91 Å². The van der Waals surface area contributed by atoms with Crippen LogP contribution in [0.2, 0.25) is 0 Å². The van der Waals surface area contributed by atoms with E-state index >= 15 is 0 Å². The van der Waals surface area contributed by atoms with Crippen molar-refractivity contribution in [2.45, 2.75) is 32.7 Å². The average Bonchev–Trinajstić information content (AvgIpc) is 2.75. The molecule has 3 rings (SSSR count). The van der Waals surface area contributed by atoms with Crippen molar-refractivity contribution in [3.63, 3.8) is 0 Å². The summed E-state index contributed by atoms with van der Waals surface area (Å²) in [5, 5.41) is 9.09. The fourth-order valence-electron chi connectivity index (χ4n) is 3.61. The summed E-state index contributed by atoms with van der Waals surface area (Å²) in [4.78, 5) is 24.5. The number of halogens is 1. The zero-order valence-electron chi connectivity index (χ0n) is 16.7. The molecule has 1 aliphatic rings. The Morgan fingerprint density at radius 2 is 1.86 bits per heavy atom. The zero-order valence-corrected chi connectivity index (χ0v) is 16.7. The molecule has 0 saturated carbocycles. The minimum absolute atomic E-state index is 0.0567. The summed E-state index contributed by atoms with van der Waals surface area (Å²) in [5.41, 5.74) is 1.97. The molecule has 1 saturated heterocycles. The molecule has 1 aliphatic heterocycles. The molecule has 0 radical (unpaired) electrons. The molecule has 2 unspecified atom stereocenters. The van der Waals surface area contributed by atoms with Gasteiger partial charge in [0, 0.05) is 24.2 Å². The van der Waals surface area contributed by atoms with E-state index in [9.17, 15) is 14.0 Å². The average molecular weight is 397 g/mol. The Bertz CT molecular complexity index is 815. The van der Waals surface area contributed by atoms with Gasteiger partial charge in [-0.05, 0) is 79.7 Å². The molecule has 2 aromatic carbocycles. The number of hydrogen-bond acceptors (Lipinski definition) is 3. The second-order valence-electron chi connectivity index (χ2n) is 7.72. The van der Waals surface area contributed by atoms with E-state index in [0.717, 1.165) is 18.7 Å². The first kappa shape index (κ1) is 21.0. The number of carbonyl (C=O) groups excluding carboxylic acids is 2. The molecule has 0 spiro atoms. The van der Waals surface area contributed by atoms with Crippen LogP contribution in [0.1, 0.15) is 42.1 Å². The molecule has 1 fully saturated rings. The van der Waals surface area contributed by atoms with Crippen LogP contribution >= 0.6 is 0 Å². The highest BCUT2D eigenvalue weighted by atomic mass is 19.1. The molecule has 2 aromatic rings. The van der Waals surface area contributed by atoms with Gasteiger partial charge in [-0.25, -0.2) is 4.39 Å². The predicted octanol–water partition coefficient (Wildman–Crippen LogP) is 3.72. The molecule has 0 bridgehead atoms. The quantitative estimate of drug-likeness (QED) is 0.667. The lowest BCUT2D eigenvalue weighted by molar-refractivity contribution is -0.122. The summed E-state index contributed by atoms with van der Waals surface area (Å²) in [5.74, 6) is 0.372. The number of amides is 2. The van der Waals surface area contributed by atoms with Crippen molar-refractivity contribution >= 4 is 17.5 Å². The lowest BCUT2D eigenvalue weighted by Crippen LogP contribution is -2.35. The van der Waals surface area contributed by atoms with Gasteiger partial charge >= 0.3 is 0 Å². The van der Waals surface area contributed by atoms with Crippen LogP contribution in [-0.4, -0.2) is 24.9 Å². The van der Waals surface area contributed by atoms with E-state index in [1.807, 2.05) is 12.1 Å². The third-order valence-electron chi connectivity index (χ3n) is 5.45. The Labute approximate surface area is 171 Å². The molecule has 2 amide bonds. The number of carbonyl (C=O) groups is 2. The molecule has 3 N–H and O–H groups in total. The third kappa shape index (κ3) is 6.39. The standard InChI is InChI=1S/C23H28FN3O2/c1-16(19-3-2-12-25-15-19)13-22(28)26-14-17-4-6-18(7-5-17)23(29)27-21-10-8-20(24)9-11-21/h4-11,16,19,25H,2-3,12-15H2,1H3,(H,26,28)(H,27,29). The molecule has 5 nitrogen and oxygen atoms in total. The highest BCUT2D eigenvalue weighted by molar-refractivity contribution is 6.04. The maximum Gasteiger partial charge on any atom is 0.255 e. The topological polar surface area (TPSA) is 70.2 Å². The first-order valence-corrected chi connectivity index (χ1v) is 10.1. The van der Waals surface area contributed by atoms with Crippen LogP contribution in [0.3, 0.4) is 0 Å². The number of anilines is 1. The van der Waals surface area contributed by atoms with Crippen molar-refractivity contribution in [1.82, 2.24) is 10.6 Å². The molecule has 2 atom stereocenters. The minimum atomic E-state index is -0.348. The smallest absolute Gasteiger partial charge is 0.255 e. The Kier molecular flexibility index (Phi) is 7.36. The molecule has 0 aliphatic carbocycles. The van der Waals surface area contributed by atoms with E-state index in [2.05, 4.69) is 22.9 Å². The molecule has 0 aromatic heterocycles. The first-order valence-electron chi connectivity index (χ1n) is 10.1. The van der Waals surface area contributed by atoms with Gasteiger partial charge < -0.3 is 16.0 Å². The van der Waals surface area contributed by atoms with E-state index in [-0.39, 0.29) is 17.6 Å². The Hall–Kier alpha value is -2.73. The van der Waals surface area contributed by atoms with Gasteiger partial charge in [0.05, 0.1) is 0 Å². The second-order valence-corrected chi connectivity index (χ2v) is 7.72. The van der Waals surface area contributed by atoms with Gasteiger partial charge in [-0.3, -0.25) is 9.59 Å². The van der Waals surface area contributed by atoms with E-state index in [1.165, 1.54) is 37.1 Å². The lowest BCUT2D eigenvalue weighted by Gasteiger charge is -2.28. The van der Waals surface area contributed by atoms with Gasteiger partial charge in [-0.15, -0.1) is 0 Å². The summed E-state index contributed by atoms with van der Waals surface area (Å²) in [6.45, 7) is 4.66. The normalized spacial score (nSPS) is 17.4. The summed E-state index contributed by atoms with van der Waals surface area (Å²) < 4.78 is 12.9. The highest BCUT2D eigenvalue weighted by Crippen LogP contribution is 2.22. The molecule has 6 heteroatoms. The Morgan fingerprint density at radius 1 is 1.14 bits per heavy atom. The van der Waals surface area contributed by atoms with Crippen LogP contribution in [0.4, 0.5) is 10.1 Å². The van der Waals surface area contributed by atoms with E-state index < -0.39 is 0 Å². The lowest BCUT2D eigenvalue weighted by atomic mass is 9.85. The Morgan fingerprint density at radius 3 is 2.52 bits per heavy atom. The number of piperidine rings is 1. The first-order chi connectivity index (χ1) is 14.0. The van der Waals surface area contributed by atoms with Crippen molar-refractivity contribution in [1.29, 1.82) is 0 Å². The van der Waals surface area contributed by atoms with Gasteiger partial charge in [0.1, 0.15) is 5.82 Å². The van der Waals surface area contributed by atoms with Crippen LogP contribution < -0.4 is 16.0 Å². The van der Waals surface area contributed by atoms with Crippen LogP contribution in [0.5, 0.6) is 0 Å². The van der Waals surface area contributed by atoms with E-state index in [4.69, 9.17) is 0 Å². The molecule has 29 heavy (non-hydrogen) atoms. The number of benzene rings is 2. The van der Waals surface area contributed by atoms with Gasteiger partial charge in [-0.2, -0.15) is 0 Å². The zero-order chi connectivity index (χ0) is 20.6. The molecular weight excluding hydrogens is 369 g/mol.